The van der Waals surface area contributed by atoms with Gasteiger partial charge in [0.2, 0.25) is 0 Å². The van der Waals surface area contributed by atoms with Gasteiger partial charge in [0.25, 0.3) is 25.8 Å². The van der Waals surface area contributed by atoms with Crippen LogP contribution in [0.5, 0.6) is 11.5 Å². The minimum Gasteiger partial charge on any atom is -0.456 e. The van der Waals surface area contributed by atoms with Gasteiger partial charge in [0, 0.05) is 86.2 Å². The lowest BCUT2D eigenvalue weighted by Gasteiger charge is -2.39. The standard InChI is InChI=1S/C48H54ClF3N6O7S2/c1-47(2)17-15-34(40(31-47)33-7-9-35(49)10-8-33)32-57-21-23-58(24-22-57)36-11-13-39(44(29-36)65-43-6-3-5-41-38(43)16-19-54-41)46(59)55-67(62,63)37-12-14-42(45(30-37)66(60,61)48(50,51)52)53-18-4-20-56-25-27-64-28-26-56/h3,5-14,16,19,29-30,53-54H,4,15,17-18,20-28,31-32H2,1-2H3,(H,55,59). The Labute approximate surface area is 394 Å². The summed E-state index contributed by atoms with van der Waals surface area (Å²) in [7, 11) is -11.0. The molecule has 0 bridgehead atoms. The number of rotatable bonds is 15. The van der Waals surface area contributed by atoms with E-state index in [1.165, 1.54) is 22.8 Å². The van der Waals surface area contributed by atoms with E-state index in [-0.39, 0.29) is 23.3 Å². The van der Waals surface area contributed by atoms with Crippen LogP contribution in [0.2, 0.25) is 5.02 Å². The molecule has 1 amide bonds. The summed E-state index contributed by atoms with van der Waals surface area (Å²) in [5.41, 5.74) is -0.672. The summed E-state index contributed by atoms with van der Waals surface area (Å²) in [4.78, 5) is 21.7. The van der Waals surface area contributed by atoms with Gasteiger partial charge in [0.1, 0.15) is 16.4 Å². The van der Waals surface area contributed by atoms with Gasteiger partial charge in [-0.15, -0.1) is 0 Å². The summed E-state index contributed by atoms with van der Waals surface area (Å²) in [6, 6.07) is 22.3. The summed E-state index contributed by atoms with van der Waals surface area (Å²) in [5, 5.41) is 4.13. The number of carbonyl (C=O) groups excluding carboxylic acids is 1. The number of allylic oxidation sites excluding steroid dienone is 1. The van der Waals surface area contributed by atoms with Crippen LogP contribution in [0.15, 0.2) is 106 Å². The Morgan fingerprint density at radius 1 is 0.881 bits per heavy atom. The molecule has 2 fully saturated rings. The highest BCUT2D eigenvalue weighted by Crippen LogP contribution is 2.44. The first-order valence-electron chi connectivity index (χ1n) is 22.3. The van der Waals surface area contributed by atoms with Crippen molar-refractivity contribution in [1.29, 1.82) is 0 Å². The molecule has 67 heavy (non-hydrogen) atoms. The van der Waals surface area contributed by atoms with Gasteiger partial charge in [-0.3, -0.25) is 14.6 Å². The number of ether oxygens (including phenoxy) is 2. The first kappa shape index (κ1) is 48.4. The molecule has 3 N–H and O–H groups in total. The molecule has 358 valence electrons. The van der Waals surface area contributed by atoms with Crippen molar-refractivity contribution in [3.8, 4) is 11.5 Å². The molecule has 2 aliphatic heterocycles. The molecule has 19 heteroatoms. The number of fused-ring (bicyclic) bond motifs is 1. The summed E-state index contributed by atoms with van der Waals surface area (Å²) >= 11 is 6.24. The molecule has 4 aromatic carbocycles. The molecule has 13 nitrogen and oxygen atoms in total. The molecule has 0 spiro atoms. The van der Waals surface area contributed by atoms with Crippen molar-refractivity contribution in [2.24, 2.45) is 5.41 Å². The molecule has 0 unspecified atom stereocenters. The number of halogens is 4. The molecule has 1 aliphatic carbocycles. The molecule has 0 radical (unpaired) electrons. The van der Waals surface area contributed by atoms with E-state index in [0.717, 1.165) is 62.2 Å². The molecular formula is C48H54ClF3N6O7S2. The zero-order valence-electron chi connectivity index (χ0n) is 37.3. The Bertz CT molecular complexity index is 2860. The number of benzene rings is 4. The molecule has 8 rings (SSSR count). The Morgan fingerprint density at radius 3 is 2.36 bits per heavy atom. The lowest BCUT2D eigenvalue weighted by Crippen LogP contribution is -2.47. The topological polar surface area (TPSA) is 153 Å². The van der Waals surface area contributed by atoms with Crippen LogP contribution in [-0.2, 0) is 24.6 Å². The zero-order valence-corrected chi connectivity index (χ0v) is 39.7. The zero-order chi connectivity index (χ0) is 47.6. The van der Waals surface area contributed by atoms with Crippen LogP contribution in [0.3, 0.4) is 0 Å². The van der Waals surface area contributed by atoms with Crippen LogP contribution in [0, 0.1) is 5.41 Å². The fraction of sp³-hybridized carbons (Fsp3) is 0.396. The largest absolute Gasteiger partial charge is 0.501 e. The quantitative estimate of drug-likeness (QED) is 0.0863. The highest BCUT2D eigenvalue weighted by molar-refractivity contribution is 7.92. The number of anilines is 2. The van der Waals surface area contributed by atoms with Gasteiger partial charge in [-0.1, -0.05) is 49.2 Å². The van der Waals surface area contributed by atoms with E-state index in [4.69, 9.17) is 21.1 Å². The number of nitrogens with one attached hydrogen (secondary N) is 3. The third kappa shape index (κ3) is 11.3. The number of hydrogen-bond acceptors (Lipinski definition) is 11. The van der Waals surface area contributed by atoms with E-state index in [0.29, 0.717) is 74.6 Å². The number of piperazine rings is 1. The van der Waals surface area contributed by atoms with E-state index in [9.17, 15) is 34.8 Å². The molecule has 3 aliphatic rings. The summed E-state index contributed by atoms with van der Waals surface area (Å²) in [5.74, 6) is -0.729. The molecule has 2 saturated heterocycles. The number of aromatic amines is 1. The van der Waals surface area contributed by atoms with Gasteiger partial charge in [0.05, 0.1) is 29.4 Å². The van der Waals surface area contributed by atoms with Crippen molar-refractivity contribution >= 4 is 65.2 Å². The van der Waals surface area contributed by atoms with Crippen LogP contribution in [0.4, 0.5) is 24.5 Å². The first-order valence-corrected chi connectivity index (χ1v) is 25.6. The second-order valence-corrected chi connectivity index (χ2v) is 22.0. The maximum atomic E-state index is 14.0. The Kier molecular flexibility index (Phi) is 14.3. The van der Waals surface area contributed by atoms with Gasteiger partial charge in [-0.2, -0.15) is 13.2 Å². The van der Waals surface area contributed by atoms with Crippen molar-refractivity contribution in [2.75, 3.05) is 82.3 Å². The SMILES string of the molecule is CC1(C)CCC(CN2CCN(c3ccc(C(=O)NS(=O)(=O)c4ccc(NCCCN5CCOCC5)c(S(=O)(=O)C(F)(F)F)c4)c(Oc4cccc5[nH]ccc45)c3)CC2)=C(c2ccc(Cl)cc2)C1. The fourth-order valence-corrected chi connectivity index (χ4v) is 11.0. The van der Waals surface area contributed by atoms with Gasteiger partial charge in [0.15, 0.2) is 0 Å². The predicted molar refractivity (Wildman–Crippen MR) is 254 cm³/mol. The Balaban J connectivity index is 1.02. The number of sulfone groups is 1. The average Bonchev–Trinajstić information content (AvgIpc) is 3.79. The van der Waals surface area contributed by atoms with E-state index in [1.807, 2.05) is 22.9 Å². The third-order valence-corrected chi connectivity index (χ3v) is 15.8. The number of alkyl halides is 3. The number of H-pyrrole nitrogens is 1. The van der Waals surface area contributed by atoms with E-state index >= 15 is 0 Å². The normalized spacial score (nSPS) is 17.7. The van der Waals surface area contributed by atoms with Crippen LogP contribution in [0.25, 0.3) is 16.5 Å². The average molecular weight is 984 g/mol. The number of sulfonamides is 1. The Hall–Kier alpha value is -5.11. The number of carbonyl (C=O) groups is 1. The van der Waals surface area contributed by atoms with Crippen molar-refractivity contribution in [1.82, 2.24) is 19.5 Å². The second-order valence-electron chi connectivity index (χ2n) is 17.9. The highest BCUT2D eigenvalue weighted by atomic mass is 35.5. The molecule has 1 aromatic heterocycles. The van der Waals surface area contributed by atoms with Crippen molar-refractivity contribution in [3.05, 3.63) is 113 Å². The minimum absolute atomic E-state index is 0.0286. The first-order chi connectivity index (χ1) is 31.9. The molecular weight excluding hydrogens is 929 g/mol. The van der Waals surface area contributed by atoms with Crippen LogP contribution in [0.1, 0.15) is 55.5 Å². The Morgan fingerprint density at radius 2 is 1.63 bits per heavy atom. The number of aromatic nitrogens is 1. The van der Waals surface area contributed by atoms with Crippen LogP contribution < -0.4 is 19.7 Å². The van der Waals surface area contributed by atoms with Crippen molar-refractivity contribution in [2.45, 2.75) is 54.8 Å². The van der Waals surface area contributed by atoms with Gasteiger partial charge < -0.3 is 24.7 Å². The summed E-state index contributed by atoms with van der Waals surface area (Å²) in [6.07, 6.45) is 5.27. The van der Waals surface area contributed by atoms with Crippen molar-refractivity contribution in [3.63, 3.8) is 0 Å². The van der Waals surface area contributed by atoms with Crippen LogP contribution in [-0.4, -0.2) is 115 Å². The number of nitrogens with zero attached hydrogens (tertiary/aromatic N) is 3. The molecule has 0 atom stereocenters. The number of amides is 1. The third-order valence-electron chi connectivity index (χ3n) is 12.7. The minimum atomic E-state index is -6.03. The predicted octanol–water partition coefficient (Wildman–Crippen LogP) is 8.95. The maximum absolute atomic E-state index is 14.0. The van der Waals surface area contributed by atoms with Crippen molar-refractivity contribution < 1.29 is 44.3 Å². The van der Waals surface area contributed by atoms with Gasteiger partial charge in [-0.05, 0) is 109 Å². The van der Waals surface area contributed by atoms with E-state index < -0.39 is 46.8 Å². The smallest absolute Gasteiger partial charge is 0.456 e. The van der Waals surface area contributed by atoms with Crippen LogP contribution >= 0.6 is 11.6 Å². The lowest BCUT2D eigenvalue weighted by molar-refractivity contribution is -0.0435. The lowest BCUT2D eigenvalue weighted by atomic mass is 9.72. The van der Waals surface area contributed by atoms with Gasteiger partial charge >= 0.3 is 5.51 Å². The van der Waals surface area contributed by atoms with E-state index in [1.54, 1.807) is 36.5 Å². The van der Waals surface area contributed by atoms with Gasteiger partial charge in [-0.25, -0.2) is 21.6 Å². The van der Waals surface area contributed by atoms with E-state index in [2.05, 4.69) is 51.0 Å². The fourth-order valence-electron chi connectivity index (χ4n) is 8.89. The monoisotopic (exact) mass is 982 g/mol. The highest BCUT2D eigenvalue weighted by Gasteiger charge is 2.48. The second kappa shape index (κ2) is 19.9. The summed E-state index contributed by atoms with van der Waals surface area (Å²) in [6.45, 7) is 11.5. The number of hydrogen-bond donors (Lipinski definition) is 3. The molecule has 0 saturated carbocycles. The number of morpholine rings is 1. The molecule has 5 aromatic rings. The molecule has 3 heterocycles. The maximum Gasteiger partial charge on any atom is 0.501 e. The summed E-state index contributed by atoms with van der Waals surface area (Å²) < 4.78 is 109.